The maximum absolute atomic E-state index is 10.9. The Balaban J connectivity index is 1.89. The maximum Gasteiger partial charge on any atom is 0.269 e. The first-order valence-electron chi connectivity index (χ1n) is 8.19. The van der Waals surface area contributed by atoms with Crippen molar-refractivity contribution in [3.8, 4) is 22.5 Å². The molecule has 0 unspecified atom stereocenters. The van der Waals surface area contributed by atoms with Crippen LogP contribution in [0.15, 0.2) is 59.0 Å². The van der Waals surface area contributed by atoms with Crippen LogP contribution in [0.3, 0.4) is 0 Å². The fraction of sp³-hybridized carbons (Fsp3) is 0.200. The van der Waals surface area contributed by atoms with Crippen molar-refractivity contribution < 1.29 is 9.34 Å². The summed E-state index contributed by atoms with van der Waals surface area (Å²) in [5, 5.41) is 10.9. The molecule has 1 aliphatic rings. The average molecular weight is 319 g/mol. The van der Waals surface area contributed by atoms with Crippen molar-refractivity contribution in [1.29, 1.82) is 0 Å². The van der Waals surface area contributed by atoms with Gasteiger partial charge in [0.2, 0.25) is 0 Å². The van der Waals surface area contributed by atoms with Gasteiger partial charge in [-0.2, -0.15) is 0 Å². The van der Waals surface area contributed by atoms with Crippen LogP contribution >= 0.6 is 0 Å². The number of fused-ring (bicyclic) bond motifs is 1. The van der Waals surface area contributed by atoms with Crippen LogP contribution in [-0.2, 0) is 12.8 Å². The minimum atomic E-state index is -0.368. The third-order valence-corrected chi connectivity index (χ3v) is 4.57. The molecule has 0 amide bonds. The topological polar surface area (TPSA) is 56.3 Å². The Labute approximate surface area is 139 Å². The minimum Gasteiger partial charge on any atom is -0.460 e. The molecule has 0 N–H and O–H groups in total. The second kappa shape index (κ2) is 5.96. The highest BCUT2D eigenvalue weighted by Gasteiger charge is 2.24. The van der Waals surface area contributed by atoms with Crippen molar-refractivity contribution in [2.45, 2.75) is 25.7 Å². The van der Waals surface area contributed by atoms with Gasteiger partial charge in [0, 0.05) is 35.2 Å². The van der Waals surface area contributed by atoms with Gasteiger partial charge in [-0.25, -0.2) is 0 Å². The summed E-state index contributed by atoms with van der Waals surface area (Å²) < 4.78 is 6.22. The predicted molar refractivity (Wildman–Crippen MR) is 92.9 cm³/mol. The lowest BCUT2D eigenvalue weighted by Crippen LogP contribution is -2.00. The first-order valence-corrected chi connectivity index (χ1v) is 8.19. The minimum absolute atomic E-state index is 0.109. The highest BCUT2D eigenvalue weighted by molar-refractivity contribution is 5.83. The van der Waals surface area contributed by atoms with E-state index in [1.54, 1.807) is 12.1 Å². The van der Waals surface area contributed by atoms with Crippen molar-refractivity contribution >= 4 is 5.69 Å². The first kappa shape index (κ1) is 14.7. The zero-order chi connectivity index (χ0) is 16.5. The molecule has 0 saturated carbocycles. The standard InChI is InChI=1S/C20H17NO3/c22-21(23)16-12-10-14(11-13-16)19-17-8-4-5-9-18(17)24-20(19)15-6-2-1-3-7-15/h1-3,6-7,10-13H,4-5,8-9H2. The fourth-order valence-electron chi connectivity index (χ4n) is 3.41. The molecule has 0 aliphatic heterocycles. The molecule has 4 heteroatoms. The summed E-state index contributed by atoms with van der Waals surface area (Å²) in [5.74, 6) is 1.94. The Morgan fingerprint density at radius 2 is 1.58 bits per heavy atom. The number of nitrogens with zero attached hydrogens (tertiary/aromatic N) is 1. The molecule has 0 saturated heterocycles. The maximum atomic E-state index is 10.9. The molecule has 120 valence electrons. The second-order valence-electron chi connectivity index (χ2n) is 6.09. The molecular weight excluding hydrogens is 302 g/mol. The summed E-state index contributed by atoms with van der Waals surface area (Å²) in [5.41, 5.74) is 4.48. The van der Waals surface area contributed by atoms with Gasteiger partial charge in [0.25, 0.3) is 5.69 Å². The number of benzene rings is 2. The van der Waals surface area contributed by atoms with Gasteiger partial charge in [-0.05, 0) is 37.0 Å². The van der Waals surface area contributed by atoms with E-state index in [-0.39, 0.29) is 10.6 Å². The quantitative estimate of drug-likeness (QED) is 0.479. The van der Waals surface area contributed by atoms with Crippen molar-refractivity contribution in [2.24, 2.45) is 0 Å². The van der Waals surface area contributed by atoms with Crippen LogP contribution in [0.25, 0.3) is 22.5 Å². The number of nitro groups is 1. The normalized spacial score (nSPS) is 13.5. The zero-order valence-electron chi connectivity index (χ0n) is 13.2. The molecule has 0 radical (unpaired) electrons. The molecule has 24 heavy (non-hydrogen) atoms. The summed E-state index contributed by atoms with van der Waals surface area (Å²) in [6, 6.07) is 16.8. The van der Waals surface area contributed by atoms with Crippen LogP contribution in [0.1, 0.15) is 24.2 Å². The van der Waals surface area contributed by atoms with E-state index < -0.39 is 0 Å². The number of nitro benzene ring substituents is 1. The fourth-order valence-corrected chi connectivity index (χ4v) is 3.41. The molecule has 0 bridgehead atoms. The predicted octanol–water partition coefficient (Wildman–Crippen LogP) is 5.40. The number of aryl methyl sites for hydroxylation is 1. The van der Waals surface area contributed by atoms with E-state index in [2.05, 4.69) is 0 Å². The van der Waals surface area contributed by atoms with E-state index >= 15 is 0 Å². The highest BCUT2D eigenvalue weighted by Crippen LogP contribution is 2.42. The summed E-state index contributed by atoms with van der Waals surface area (Å²) in [7, 11) is 0. The van der Waals surface area contributed by atoms with Crippen LogP contribution in [0.4, 0.5) is 5.69 Å². The Morgan fingerprint density at radius 1 is 0.875 bits per heavy atom. The summed E-state index contributed by atoms with van der Waals surface area (Å²) in [6.45, 7) is 0. The highest BCUT2D eigenvalue weighted by atomic mass is 16.6. The molecule has 1 heterocycles. The van der Waals surface area contributed by atoms with E-state index in [4.69, 9.17) is 4.42 Å². The summed E-state index contributed by atoms with van der Waals surface area (Å²) >= 11 is 0. The van der Waals surface area contributed by atoms with Crippen molar-refractivity contribution in [1.82, 2.24) is 0 Å². The molecule has 2 aromatic carbocycles. The molecule has 1 aliphatic carbocycles. The monoisotopic (exact) mass is 319 g/mol. The Kier molecular flexibility index (Phi) is 3.65. The molecule has 0 atom stereocenters. The molecule has 4 nitrogen and oxygen atoms in total. The van der Waals surface area contributed by atoms with Gasteiger partial charge in [0.1, 0.15) is 11.5 Å². The number of furan rings is 1. The van der Waals surface area contributed by atoms with Crippen LogP contribution < -0.4 is 0 Å². The number of rotatable bonds is 3. The molecule has 0 spiro atoms. The number of hydrogen-bond acceptors (Lipinski definition) is 3. The molecule has 0 fully saturated rings. The summed E-state index contributed by atoms with van der Waals surface area (Å²) in [4.78, 5) is 10.5. The van der Waals surface area contributed by atoms with Crippen LogP contribution in [0, 0.1) is 10.1 Å². The third kappa shape index (κ3) is 2.50. The van der Waals surface area contributed by atoms with Gasteiger partial charge in [0.05, 0.1) is 4.92 Å². The largest absolute Gasteiger partial charge is 0.460 e. The van der Waals surface area contributed by atoms with Crippen molar-refractivity contribution in [3.63, 3.8) is 0 Å². The van der Waals surface area contributed by atoms with Gasteiger partial charge < -0.3 is 4.42 Å². The number of hydrogen-bond donors (Lipinski definition) is 0. The Morgan fingerprint density at radius 3 is 2.29 bits per heavy atom. The molecule has 3 aromatic rings. The lowest BCUT2D eigenvalue weighted by atomic mass is 9.90. The van der Waals surface area contributed by atoms with Gasteiger partial charge in [-0.15, -0.1) is 0 Å². The van der Waals surface area contributed by atoms with Gasteiger partial charge in [-0.1, -0.05) is 30.3 Å². The lowest BCUT2D eigenvalue weighted by molar-refractivity contribution is -0.384. The van der Waals surface area contributed by atoms with Crippen molar-refractivity contribution in [2.75, 3.05) is 0 Å². The smallest absolute Gasteiger partial charge is 0.269 e. The first-order chi connectivity index (χ1) is 11.7. The molecule has 1 aromatic heterocycles. The van der Waals surface area contributed by atoms with E-state index in [9.17, 15) is 10.1 Å². The summed E-state index contributed by atoms with van der Waals surface area (Å²) in [6.07, 6.45) is 4.26. The molecule has 4 rings (SSSR count). The van der Waals surface area contributed by atoms with Gasteiger partial charge >= 0.3 is 0 Å². The van der Waals surface area contributed by atoms with E-state index in [0.29, 0.717) is 0 Å². The third-order valence-electron chi connectivity index (χ3n) is 4.57. The van der Waals surface area contributed by atoms with Crippen molar-refractivity contribution in [3.05, 3.63) is 76.0 Å². The Hall–Kier alpha value is -2.88. The van der Waals surface area contributed by atoms with Crippen LogP contribution in [0.2, 0.25) is 0 Å². The van der Waals surface area contributed by atoms with Crippen LogP contribution in [0.5, 0.6) is 0 Å². The Bertz CT molecular complexity index is 879. The van der Waals surface area contributed by atoms with Gasteiger partial charge in [0.15, 0.2) is 0 Å². The number of non-ortho nitro benzene ring substituents is 1. The SMILES string of the molecule is O=[N+]([O-])c1ccc(-c2c(-c3ccccc3)oc3c2CCCC3)cc1. The van der Waals surface area contributed by atoms with Crippen LogP contribution in [-0.4, -0.2) is 4.92 Å². The second-order valence-corrected chi connectivity index (χ2v) is 6.09. The zero-order valence-corrected chi connectivity index (χ0v) is 13.2. The van der Waals surface area contributed by atoms with Gasteiger partial charge in [-0.3, -0.25) is 10.1 Å². The molecular formula is C20H17NO3. The van der Waals surface area contributed by atoms with E-state index in [1.165, 1.54) is 5.56 Å². The van der Waals surface area contributed by atoms with E-state index in [0.717, 1.165) is 53.9 Å². The average Bonchev–Trinajstić information content (AvgIpc) is 3.02. The lowest BCUT2D eigenvalue weighted by Gasteiger charge is -2.11. The van der Waals surface area contributed by atoms with E-state index in [1.807, 2.05) is 42.5 Å².